The Morgan fingerprint density at radius 3 is 2.78 bits per heavy atom. The Morgan fingerprint density at radius 1 is 1.19 bits per heavy atom. The molecule has 0 spiro atoms. The van der Waals surface area contributed by atoms with Gasteiger partial charge < -0.3 is 9.47 Å². The minimum absolute atomic E-state index is 0.211. The maximum absolute atomic E-state index is 12.5. The molecule has 0 saturated carbocycles. The molecule has 0 fully saturated rings. The zero-order chi connectivity index (χ0) is 19.2. The van der Waals surface area contributed by atoms with Crippen LogP contribution >= 0.6 is 0 Å². The number of hydrogen-bond acceptors (Lipinski definition) is 5. The number of methoxy groups -OCH3 is 1. The quantitative estimate of drug-likeness (QED) is 0.599. The van der Waals surface area contributed by atoms with E-state index in [-0.39, 0.29) is 5.56 Å². The van der Waals surface area contributed by atoms with E-state index in [1.807, 2.05) is 30.3 Å². The number of ether oxygens (including phenoxy) is 2. The van der Waals surface area contributed by atoms with E-state index < -0.39 is 0 Å². The lowest BCUT2D eigenvalue weighted by atomic mass is 10.1. The van der Waals surface area contributed by atoms with Crippen molar-refractivity contribution in [3.8, 4) is 11.5 Å². The summed E-state index contributed by atoms with van der Waals surface area (Å²) in [6.07, 6.45) is 3.99. The summed E-state index contributed by atoms with van der Waals surface area (Å²) in [5.74, 6) is 1.91. The molecule has 1 heterocycles. The fourth-order valence-electron chi connectivity index (χ4n) is 2.56. The Hall–Kier alpha value is -3.15. The molecule has 0 radical (unpaired) electrons. The van der Waals surface area contributed by atoms with Crippen LogP contribution in [0.25, 0.3) is 10.9 Å². The third-order valence-corrected chi connectivity index (χ3v) is 4.12. The monoisotopic (exact) mass is 365 g/mol. The van der Waals surface area contributed by atoms with Crippen LogP contribution in [0.3, 0.4) is 0 Å². The second kappa shape index (κ2) is 8.49. The molecule has 0 bridgehead atoms. The van der Waals surface area contributed by atoms with E-state index in [9.17, 15) is 4.79 Å². The molecule has 6 heteroatoms. The maximum atomic E-state index is 12.5. The molecule has 0 aliphatic heterocycles. The normalized spacial score (nSPS) is 11.4. The van der Waals surface area contributed by atoms with Gasteiger partial charge in [0.2, 0.25) is 0 Å². The Labute approximate surface area is 158 Å². The van der Waals surface area contributed by atoms with E-state index >= 15 is 0 Å². The summed E-state index contributed by atoms with van der Waals surface area (Å²) < 4.78 is 12.4. The highest BCUT2D eigenvalue weighted by atomic mass is 16.5. The minimum Gasteiger partial charge on any atom is -0.493 e. The molecular weight excluding hydrogens is 342 g/mol. The lowest BCUT2D eigenvalue weighted by molar-refractivity contribution is 0.273. The van der Waals surface area contributed by atoms with Gasteiger partial charge >= 0.3 is 0 Å². The van der Waals surface area contributed by atoms with E-state index in [4.69, 9.17) is 9.47 Å². The molecule has 0 unspecified atom stereocenters. The van der Waals surface area contributed by atoms with Gasteiger partial charge in [-0.3, -0.25) is 4.79 Å². The predicted octanol–water partition coefficient (Wildman–Crippen LogP) is 3.71. The molecule has 27 heavy (non-hydrogen) atoms. The fraction of sp³-hybridized carbons (Fsp3) is 0.286. The highest BCUT2D eigenvalue weighted by molar-refractivity contribution is 5.81. The van der Waals surface area contributed by atoms with Gasteiger partial charge in [-0.2, -0.15) is 9.78 Å². The summed E-state index contributed by atoms with van der Waals surface area (Å²) in [5.41, 5.74) is 1.24. The third kappa shape index (κ3) is 4.53. The van der Waals surface area contributed by atoms with Crippen LogP contribution in [0.1, 0.15) is 25.8 Å². The van der Waals surface area contributed by atoms with Crippen LogP contribution in [0.2, 0.25) is 0 Å². The van der Waals surface area contributed by atoms with Crippen molar-refractivity contribution < 1.29 is 9.47 Å². The minimum atomic E-state index is -0.211. The molecule has 0 amide bonds. The molecule has 6 nitrogen and oxygen atoms in total. The van der Waals surface area contributed by atoms with Gasteiger partial charge in [0, 0.05) is 0 Å². The van der Waals surface area contributed by atoms with Gasteiger partial charge in [-0.25, -0.2) is 4.98 Å². The molecule has 0 N–H and O–H groups in total. The maximum Gasteiger partial charge on any atom is 0.281 e. The predicted molar refractivity (Wildman–Crippen MR) is 107 cm³/mol. The van der Waals surface area contributed by atoms with Gasteiger partial charge in [0.15, 0.2) is 11.5 Å². The molecular formula is C21H23N3O3. The van der Waals surface area contributed by atoms with Crippen LogP contribution in [0.15, 0.2) is 58.7 Å². The van der Waals surface area contributed by atoms with Gasteiger partial charge in [0.05, 0.1) is 30.8 Å². The zero-order valence-electron chi connectivity index (χ0n) is 15.8. The summed E-state index contributed by atoms with van der Waals surface area (Å²) in [7, 11) is 1.60. The molecule has 0 atom stereocenters. The van der Waals surface area contributed by atoms with Crippen LogP contribution in [0.5, 0.6) is 11.5 Å². The Bertz CT molecular complexity index is 1010. The van der Waals surface area contributed by atoms with Crippen molar-refractivity contribution in [2.24, 2.45) is 11.0 Å². The molecule has 0 saturated heterocycles. The first-order valence-corrected chi connectivity index (χ1v) is 8.90. The van der Waals surface area contributed by atoms with Crippen molar-refractivity contribution in [1.82, 2.24) is 9.66 Å². The van der Waals surface area contributed by atoms with Crippen molar-refractivity contribution in [2.45, 2.75) is 20.3 Å². The van der Waals surface area contributed by atoms with Gasteiger partial charge in [-0.05, 0) is 48.2 Å². The largest absolute Gasteiger partial charge is 0.493 e. The Morgan fingerprint density at radius 2 is 2.00 bits per heavy atom. The standard InChI is InChI=1S/C21H23N3O3/c1-15(2)10-11-27-19-9-8-16(12-20(19)26-3)13-23-24-14-22-18-7-5-4-6-17(18)21(24)25/h4-9,12-15H,10-11H2,1-3H3/b23-13+. The molecule has 2 aromatic carbocycles. The highest BCUT2D eigenvalue weighted by Crippen LogP contribution is 2.28. The summed E-state index contributed by atoms with van der Waals surface area (Å²) in [4.78, 5) is 16.7. The number of rotatable bonds is 7. The van der Waals surface area contributed by atoms with Crippen LogP contribution in [-0.4, -0.2) is 29.6 Å². The first-order valence-electron chi connectivity index (χ1n) is 8.90. The molecule has 3 rings (SSSR count). The van der Waals surface area contributed by atoms with E-state index in [0.717, 1.165) is 12.0 Å². The Balaban J connectivity index is 1.81. The number of aromatic nitrogens is 2. The van der Waals surface area contributed by atoms with Crippen molar-refractivity contribution in [3.05, 3.63) is 64.7 Å². The highest BCUT2D eigenvalue weighted by Gasteiger charge is 2.06. The van der Waals surface area contributed by atoms with Crippen molar-refractivity contribution >= 4 is 17.1 Å². The van der Waals surface area contributed by atoms with Gasteiger partial charge in [0.1, 0.15) is 6.33 Å². The van der Waals surface area contributed by atoms with E-state index in [2.05, 4.69) is 23.9 Å². The number of fused-ring (bicyclic) bond motifs is 1. The Kier molecular flexibility index (Phi) is 5.86. The van der Waals surface area contributed by atoms with Crippen molar-refractivity contribution in [2.75, 3.05) is 13.7 Å². The topological polar surface area (TPSA) is 65.7 Å². The summed E-state index contributed by atoms with van der Waals surface area (Å²) in [5, 5.41) is 4.77. The first-order chi connectivity index (χ1) is 13.1. The summed E-state index contributed by atoms with van der Waals surface area (Å²) in [6, 6.07) is 12.7. The average molecular weight is 365 g/mol. The SMILES string of the molecule is COc1cc(/C=N/n2cnc3ccccc3c2=O)ccc1OCCC(C)C. The van der Waals surface area contributed by atoms with E-state index in [1.165, 1.54) is 11.0 Å². The number of nitrogens with zero attached hydrogens (tertiary/aromatic N) is 3. The van der Waals surface area contributed by atoms with Crippen molar-refractivity contribution in [1.29, 1.82) is 0 Å². The summed E-state index contributed by atoms with van der Waals surface area (Å²) >= 11 is 0. The third-order valence-electron chi connectivity index (χ3n) is 4.12. The molecule has 0 aliphatic carbocycles. The molecule has 1 aromatic heterocycles. The second-order valence-electron chi connectivity index (χ2n) is 6.60. The average Bonchev–Trinajstić information content (AvgIpc) is 2.68. The van der Waals surface area contributed by atoms with Gasteiger partial charge in [-0.1, -0.05) is 26.0 Å². The molecule has 140 valence electrons. The van der Waals surface area contributed by atoms with E-state index in [0.29, 0.717) is 34.9 Å². The van der Waals surface area contributed by atoms with Crippen molar-refractivity contribution in [3.63, 3.8) is 0 Å². The smallest absolute Gasteiger partial charge is 0.281 e. The zero-order valence-corrected chi connectivity index (χ0v) is 15.8. The molecule has 0 aliphatic rings. The van der Waals surface area contributed by atoms with Crippen LogP contribution in [0, 0.1) is 5.92 Å². The van der Waals surface area contributed by atoms with E-state index in [1.54, 1.807) is 25.5 Å². The van der Waals surface area contributed by atoms with Gasteiger partial charge in [-0.15, -0.1) is 0 Å². The second-order valence-corrected chi connectivity index (χ2v) is 6.60. The lowest BCUT2D eigenvalue weighted by Gasteiger charge is -2.12. The molecule has 3 aromatic rings. The van der Waals surface area contributed by atoms with Gasteiger partial charge in [0.25, 0.3) is 5.56 Å². The van der Waals surface area contributed by atoms with Crippen LogP contribution in [0.4, 0.5) is 0 Å². The number of para-hydroxylation sites is 1. The first kappa shape index (κ1) is 18.6. The van der Waals surface area contributed by atoms with Crippen LogP contribution < -0.4 is 15.0 Å². The van der Waals surface area contributed by atoms with Crippen LogP contribution in [-0.2, 0) is 0 Å². The summed E-state index contributed by atoms with van der Waals surface area (Å²) in [6.45, 7) is 4.95. The number of hydrogen-bond donors (Lipinski definition) is 0. The fourth-order valence-corrected chi connectivity index (χ4v) is 2.56. The lowest BCUT2D eigenvalue weighted by Crippen LogP contribution is -2.16. The number of benzene rings is 2.